The van der Waals surface area contributed by atoms with Crippen molar-refractivity contribution in [1.29, 1.82) is 0 Å². The second kappa shape index (κ2) is 13.7. The first-order chi connectivity index (χ1) is 26.7. The van der Waals surface area contributed by atoms with Crippen molar-refractivity contribution in [2.45, 2.75) is 0 Å². The quantitative estimate of drug-likeness (QED) is 0.164. The Balaban J connectivity index is 0.925. The monoisotopic (exact) mass is 726 g/mol. The number of nitrogens with zero attached hydrogens (tertiary/aromatic N) is 4. The highest BCUT2D eigenvalue weighted by molar-refractivity contribution is 7.22. The Bertz CT molecular complexity index is 2650. The van der Waals surface area contributed by atoms with Crippen molar-refractivity contribution in [2.75, 3.05) is 0 Å². The highest BCUT2D eigenvalue weighted by Gasteiger charge is 2.13. The Morgan fingerprint density at radius 3 is 1.04 bits per heavy atom. The van der Waals surface area contributed by atoms with Crippen LogP contribution < -0.4 is 0 Å². The lowest BCUT2D eigenvalue weighted by molar-refractivity contribution is 1.18. The number of hydrogen-bond acceptors (Lipinski definition) is 6. The number of thiazole rings is 2. The summed E-state index contributed by atoms with van der Waals surface area (Å²) in [5.41, 5.74) is 13.8. The van der Waals surface area contributed by atoms with E-state index in [1.54, 1.807) is 22.7 Å². The van der Waals surface area contributed by atoms with Gasteiger partial charge < -0.3 is 0 Å². The third-order valence-electron chi connectivity index (χ3n) is 9.64. The highest BCUT2D eigenvalue weighted by atomic mass is 32.1. The molecule has 7 aromatic carbocycles. The van der Waals surface area contributed by atoms with Gasteiger partial charge in [0.05, 0.1) is 31.8 Å². The molecule has 254 valence electrons. The van der Waals surface area contributed by atoms with Crippen LogP contribution in [0.5, 0.6) is 0 Å². The van der Waals surface area contributed by atoms with Gasteiger partial charge in [-0.15, -0.1) is 22.7 Å². The molecule has 0 fully saturated rings. The van der Waals surface area contributed by atoms with Crippen LogP contribution >= 0.6 is 22.7 Å². The van der Waals surface area contributed by atoms with Gasteiger partial charge in [0.25, 0.3) is 0 Å². The van der Waals surface area contributed by atoms with E-state index in [4.69, 9.17) is 19.9 Å². The van der Waals surface area contributed by atoms with Crippen molar-refractivity contribution in [2.24, 2.45) is 0 Å². The van der Waals surface area contributed by atoms with E-state index in [-0.39, 0.29) is 0 Å². The summed E-state index contributed by atoms with van der Waals surface area (Å²) in [6, 6.07) is 63.5. The van der Waals surface area contributed by atoms with Gasteiger partial charge in [-0.2, -0.15) is 0 Å². The van der Waals surface area contributed by atoms with Crippen LogP contribution in [0.2, 0.25) is 0 Å². The molecule has 0 spiro atoms. The fourth-order valence-electron chi connectivity index (χ4n) is 6.73. The zero-order chi connectivity index (χ0) is 35.8. The van der Waals surface area contributed by atoms with E-state index < -0.39 is 0 Å². The van der Waals surface area contributed by atoms with Crippen LogP contribution in [-0.2, 0) is 0 Å². The van der Waals surface area contributed by atoms with Gasteiger partial charge in [0.15, 0.2) is 5.82 Å². The fraction of sp³-hybridized carbons (Fsp3) is 0. The maximum atomic E-state index is 5.06. The van der Waals surface area contributed by atoms with Crippen LogP contribution in [0.25, 0.3) is 97.7 Å². The number of benzene rings is 7. The molecule has 0 radical (unpaired) electrons. The van der Waals surface area contributed by atoms with Crippen molar-refractivity contribution >= 4 is 43.1 Å². The number of para-hydroxylation sites is 2. The first-order valence-electron chi connectivity index (χ1n) is 17.8. The number of fused-ring (bicyclic) bond motifs is 2. The predicted octanol–water partition coefficient (Wildman–Crippen LogP) is 13.4. The molecule has 6 heteroatoms. The average molecular weight is 727 g/mol. The molecule has 0 saturated heterocycles. The van der Waals surface area contributed by atoms with Crippen LogP contribution in [0, 0.1) is 0 Å². The van der Waals surface area contributed by atoms with Crippen molar-refractivity contribution in [3.63, 3.8) is 0 Å². The molecule has 3 heterocycles. The number of rotatable bonds is 7. The van der Waals surface area contributed by atoms with Gasteiger partial charge in [-0.25, -0.2) is 19.9 Å². The van der Waals surface area contributed by atoms with Gasteiger partial charge >= 0.3 is 0 Å². The van der Waals surface area contributed by atoms with Crippen LogP contribution in [0.4, 0.5) is 0 Å². The van der Waals surface area contributed by atoms with Crippen LogP contribution in [0.1, 0.15) is 0 Å². The maximum absolute atomic E-state index is 5.06. The van der Waals surface area contributed by atoms with Crippen molar-refractivity contribution < 1.29 is 0 Å². The predicted molar refractivity (Wildman–Crippen MR) is 226 cm³/mol. The molecule has 0 atom stereocenters. The Kier molecular flexibility index (Phi) is 8.17. The molecule has 0 saturated carbocycles. The third kappa shape index (κ3) is 6.28. The van der Waals surface area contributed by atoms with Crippen molar-refractivity contribution in [3.8, 4) is 77.3 Å². The average Bonchev–Trinajstić information content (AvgIpc) is 3.90. The smallest absolute Gasteiger partial charge is 0.160 e. The summed E-state index contributed by atoms with van der Waals surface area (Å²) in [5, 5.41) is 2.08. The first kappa shape index (κ1) is 32.1. The zero-order valence-corrected chi connectivity index (χ0v) is 30.6. The van der Waals surface area contributed by atoms with Gasteiger partial charge in [0.1, 0.15) is 10.0 Å². The molecule has 10 rings (SSSR count). The first-order valence-corrected chi connectivity index (χ1v) is 19.4. The lowest BCUT2D eigenvalue weighted by Gasteiger charge is -2.11. The standard InChI is InChI=1S/C48H30N4S2/c1-2-8-37(9-3-1)46-49-42(35-22-14-31(15-23-35)33-18-26-38(27-19-33)47-51-40-10-4-6-12-44(40)53-47)30-43(50-46)36-24-16-32(17-25-36)34-20-28-39(29-21-34)48-52-41-11-5-7-13-45(41)54-48/h1-30H. The Labute approximate surface area is 320 Å². The van der Waals surface area contributed by atoms with Gasteiger partial charge in [0, 0.05) is 27.8 Å². The normalized spacial score (nSPS) is 11.3. The number of aromatic nitrogens is 4. The Morgan fingerprint density at radius 2 is 0.630 bits per heavy atom. The van der Waals surface area contributed by atoms with Gasteiger partial charge in [0.2, 0.25) is 0 Å². The molecule has 0 unspecified atom stereocenters. The largest absolute Gasteiger partial charge is 0.236 e. The van der Waals surface area contributed by atoms with E-state index in [1.807, 2.05) is 30.3 Å². The minimum Gasteiger partial charge on any atom is -0.236 e. The molecule has 0 bridgehead atoms. The minimum absolute atomic E-state index is 0.701. The minimum atomic E-state index is 0.701. The van der Waals surface area contributed by atoms with Gasteiger partial charge in [-0.3, -0.25) is 0 Å². The van der Waals surface area contributed by atoms with Gasteiger partial charge in [-0.1, -0.05) is 152 Å². The van der Waals surface area contributed by atoms with Crippen molar-refractivity contribution in [3.05, 3.63) is 182 Å². The summed E-state index contributed by atoms with van der Waals surface area (Å²) in [6.45, 7) is 0. The summed E-state index contributed by atoms with van der Waals surface area (Å²) in [5.74, 6) is 0.701. The summed E-state index contributed by atoms with van der Waals surface area (Å²) in [4.78, 5) is 19.8. The fourth-order valence-corrected chi connectivity index (χ4v) is 8.67. The SMILES string of the molecule is c1ccc(-c2nc(-c3ccc(-c4ccc(-c5nc6ccccc6s5)cc4)cc3)cc(-c3ccc(-c4ccc(-c5nc6ccccc6s5)cc4)cc3)n2)cc1. The molecule has 4 nitrogen and oxygen atoms in total. The molecular weight excluding hydrogens is 697 g/mol. The van der Waals surface area contributed by atoms with Crippen LogP contribution in [0.3, 0.4) is 0 Å². The van der Waals surface area contributed by atoms with E-state index in [0.717, 1.165) is 82.5 Å². The Morgan fingerprint density at radius 1 is 0.278 bits per heavy atom. The van der Waals surface area contributed by atoms with E-state index in [1.165, 1.54) is 9.40 Å². The zero-order valence-electron chi connectivity index (χ0n) is 28.9. The molecule has 0 aliphatic heterocycles. The maximum Gasteiger partial charge on any atom is 0.160 e. The lowest BCUT2D eigenvalue weighted by Crippen LogP contribution is -1.96. The molecule has 3 aromatic heterocycles. The molecule has 0 amide bonds. The lowest BCUT2D eigenvalue weighted by atomic mass is 9.99. The van der Waals surface area contributed by atoms with E-state index in [2.05, 4.69) is 152 Å². The van der Waals surface area contributed by atoms with Crippen molar-refractivity contribution in [1.82, 2.24) is 19.9 Å². The summed E-state index contributed by atoms with van der Waals surface area (Å²) >= 11 is 3.45. The summed E-state index contributed by atoms with van der Waals surface area (Å²) in [7, 11) is 0. The summed E-state index contributed by atoms with van der Waals surface area (Å²) < 4.78 is 2.41. The molecule has 0 aliphatic rings. The van der Waals surface area contributed by atoms with Gasteiger partial charge in [-0.05, 0) is 52.6 Å². The number of hydrogen-bond donors (Lipinski definition) is 0. The molecule has 54 heavy (non-hydrogen) atoms. The molecular formula is C48H30N4S2. The van der Waals surface area contributed by atoms with E-state index in [9.17, 15) is 0 Å². The third-order valence-corrected chi connectivity index (χ3v) is 11.8. The van der Waals surface area contributed by atoms with Crippen LogP contribution in [0.15, 0.2) is 182 Å². The molecule has 0 N–H and O–H groups in total. The van der Waals surface area contributed by atoms with E-state index >= 15 is 0 Å². The highest BCUT2D eigenvalue weighted by Crippen LogP contribution is 2.35. The van der Waals surface area contributed by atoms with E-state index in [0.29, 0.717) is 5.82 Å². The molecule has 0 aliphatic carbocycles. The second-order valence-electron chi connectivity index (χ2n) is 13.1. The topological polar surface area (TPSA) is 51.6 Å². The molecule has 10 aromatic rings. The summed E-state index contributed by atoms with van der Waals surface area (Å²) in [6.07, 6.45) is 0. The second-order valence-corrected chi connectivity index (χ2v) is 15.2. The van der Waals surface area contributed by atoms with Crippen LogP contribution in [-0.4, -0.2) is 19.9 Å². The Hall–Kier alpha value is -6.60.